The van der Waals surface area contributed by atoms with Gasteiger partial charge in [-0.3, -0.25) is 0 Å². The normalized spacial score (nSPS) is 24.0. The van der Waals surface area contributed by atoms with Crippen LogP contribution in [0.5, 0.6) is 0 Å². The van der Waals surface area contributed by atoms with Crippen LogP contribution in [0.4, 0.5) is 0 Å². The SMILES string of the molecule is CCCCC(NCCC)C1CCCO1. The number of ether oxygens (including phenoxy) is 1. The van der Waals surface area contributed by atoms with Crippen LogP contribution in [-0.2, 0) is 4.74 Å². The fourth-order valence-corrected chi connectivity index (χ4v) is 2.09. The molecule has 1 aliphatic heterocycles. The van der Waals surface area contributed by atoms with Gasteiger partial charge in [0.25, 0.3) is 0 Å². The van der Waals surface area contributed by atoms with Gasteiger partial charge in [0.2, 0.25) is 0 Å². The molecule has 0 bridgehead atoms. The van der Waals surface area contributed by atoms with Crippen molar-refractivity contribution in [3.63, 3.8) is 0 Å². The van der Waals surface area contributed by atoms with E-state index in [9.17, 15) is 0 Å². The van der Waals surface area contributed by atoms with Gasteiger partial charge in [-0.1, -0.05) is 26.7 Å². The van der Waals surface area contributed by atoms with Crippen LogP contribution < -0.4 is 5.32 Å². The van der Waals surface area contributed by atoms with Crippen molar-refractivity contribution in [3.8, 4) is 0 Å². The van der Waals surface area contributed by atoms with E-state index in [0.717, 1.165) is 13.2 Å². The van der Waals surface area contributed by atoms with Crippen LogP contribution in [0.3, 0.4) is 0 Å². The molecule has 1 saturated heterocycles. The zero-order chi connectivity index (χ0) is 10.2. The van der Waals surface area contributed by atoms with Crippen molar-refractivity contribution in [1.82, 2.24) is 5.32 Å². The van der Waals surface area contributed by atoms with Crippen molar-refractivity contribution in [3.05, 3.63) is 0 Å². The predicted octanol–water partition coefficient (Wildman–Crippen LogP) is 2.72. The molecule has 0 amide bonds. The second kappa shape index (κ2) is 7.24. The van der Waals surface area contributed by atoms with Crippen LogP contribution in [0, 0.1) is 0 Å². The second-order valence-electron chi connectivity index (χ2n) is 4.25. The maximum absolute atomic E-state index is 5.75. The molecule has 1 heterocycles. The quantitative estimate of drug-likeness (QED) is 0.680. The molecule has 2 heteroatoms. The Balaban J connectivity index is 2.26. The average Bonchev–Trinajstić information content (AvgIpc) is 2.71. The van der Waals surface area contributed by atoms with Gasteiger partial charge in [0.05, 0.1) is 6.10 Å². The smallest absolute Gasteiger partial charge is 0.0728 e. The summed E-state index contributed by atoms with van der Waals surface area (Å²) < 4.78 is 5.75. The molecular weight excluding hydrogens is 174 g/mol. The lowest BCUT2D eigenvalue weighted by Gasteiger charge is -2.24. The molecule has 84 valence electrons. The summed E-state index contributed by atoms with van der Waals surface area (Å²) in [6, 6.07) is 0.609. The van der Waals surface area contributed by atoms with Crippen molar-refractivity contribution < 1.29 is 4.74 Å². The van der Waals surface area contributed by atoms with Gasteiger partial charge < -0.3 is 10.1 Å². The van der Waals surface area contributed by atoms with Crippen molar-refractivity contribution in [2.24, 2.45) is 0 Å². The molecule has 2 nitrogen and oxygen atoms in total. The third kappa shape index (κ3) is 3.97. The Morgan fingerprint density at radius 3 is 2.79 bits per heavy atom. The third-order valence-corrected chi connectivity index (χ3v) is 2.94. The molecule has 0 aromatic carbocycles. The monoisotopic (exact) mass is 199 g/mol. The Labute approximate surface area is 88.4 Å². The van der Waals surface area contributed by atoms with Gasteiger partial charge in [-0.15, -0.1) is 0 Å². The Morgan fingerprint density at radius 1 is 1.36 bits per heavy atom. The summed E-state index contributed by atoms with van der Waals surface area (Å²) >= 11 is 0. The lowest BCUT2D eigenvalue weighted by molar-refractivity contribution is 0.0749. The molecule has 1 N–H and O–H groups in total. The van der Waals surface area contributed by atoms with Gasteiger partial charge in [-0.25, -0.2) is 0 Å². The zero-order valence-corrected chi connectivity index (χ0v) is 9.72. The lowest BCUT2D eigenvalue weighted by Crippen LogP contribution is -2.39. The molecule has 1 aliphatic rings. The van der Waals surface area contributed by atoms with Crippen LogP contribution in [0.25, 0.3) is 0 Å². The molecule has 0 radical (unpaired) electrons. The second-order valence-corrected chi connectivity index (χ2v) is 4.25. The van der Waals surface area contributed by atoms with Crippen molar-refractivity contribution >= 4 is 0 Å². The number of hydrogen-bond acceptors (Lipinski definition) is 2. The minimum absolute atomic E-state index is 0.494. The van der Waals surface area contributed by atoms with Crippen LogP contribution in [0.2, 0.25) is 0 Å². The lowest BCUT2D eigenvalue weighted by atomic mass is 10.0. The first kappa shape index (κ1) is 12.0. The number of rotatable bonds is 7. The first-order valence-electron chi connectivity index (χ1n) is 6.23. The van der Waals surface area contributed by atoms with Crippen LogP contribution >= 0.6 is 0 Å². The molecule has 0 aromatic rings. The number of nitrogens with one attached hydrogen (secondary N) is 1. The minimum atomic E-state index is 0.494. The van der Waals surface area contributed by atoms with E-state index in [2.05, 4.69) is 19.2 Å². The Morgan fingerprint density at radius 2 is 2.21 bits per heavy atom. The maximum Gasteiger partial charge on any atom is 0.0728 e. The fraction of sp³-hybridized carbons (Fsp3) is 1.00. The van der Waals surface area contributed by atoms with E-state index in [-0.39, 0.29) is 0 Å². The number of unbranched alkanes of at least 4 members (excludes halogenated alkanes) is 1. The summed E-state index contributed by atoms with van der Waals surface area (Å²) in [5.74, 6) is 0. The molecule has 0 spiro atoms. The number of hydrogen-bond donors (Lipinski definition) is 1. The van der Waals surface area contributed by atoms with Gasteiger partial charge in [0.1, 0.15) is 0 Å². The van der Waals surface area contributed by atoms with Gasteiger partial charge in [-0.2, -0.15) is 0 Å². The van der Waals surface area contributed by atoms with Gasteiger partial charge in [0, 0.05) is 12.6 Å². The Kier molecular flexibility index (Phi) is 6.20. The van der Waals surface area contributed by atoms with Crippen LogP contribution in [0.15, 0.2) is 0 Å². The van der Waals surface area contributed by atoms with Crippen molar-refractivity contribution in [1.29, 1.82) is 0 Å². The van der Waals surface area contributed by atoms with Crippen LogP contribution in [-0.4, -0.2) is 25.3 Å². The summed E-state index contributed by atoms with van der Waals surface area (Å²) in [5, 5.41) is 3.62. The van der Waals surface area contributed by atoms with E-state index in [0.29, 0.717) is 12.1 Å². The molecule has 2 atom stereocenters. The molecule has 0 aliphatic carbocycles. The summed E-state index contributed by atoms with van der Waals surface area (Å²) in [4.78, 5) is 0. The van der Waals surface area contributed by atoms with Gasteiger partial charge in [0.15, 0.2) is 0 Å². The summed E-state index contributed by atoms with van der Waals surface area (Å²) in [7, 11) is 0. The zero-order valence-electron chi connectivity index (χ0n) is 9.72. The first-order chi connectivity index (χ1) is 6.88. The highest BCUT2D eigenvalue weighted by Crippen LogP contribution is 2.19. The van der Waals surface area contributed by atoms with Gasteiger partial charge in [-0.05, 0) is 32.2 Å². The fourth-order valence-electron chi connectivity index (χ4n) is 2.09. The minimum Gasteiger partial charge on any atom is -0.377 e. The highest BCUT2D eigenvalue weighted by atomic mass is 16.5. The molecule has 2 unspecified atom stereocenters. The molecule has 14 heavy (non-hydrogen) atoms. The van der Waals surface area contributed by atoms with Crippen LogP contribution in [0.1, 0.15) is 52.4 Å². The van der Waals surface area contributed by atoms with E-state index < -0.39 is 0 Å². The van der Waals surface area contributed by atoms with E-state index >= 15 is 0 Å². The third-order valence-electron chi connectivity index (χ3n) is 2.94. The highest BCUT2D eigenvalue weighted by molar-refractivity contribution is 4.80. The summed E-state index contributed by atoms with van der Waals surface area (Å²) in [5.41, 5.74) is 0. The molecule has 1 fully saturated rings. The Bertz CT molecular complexity index is 124. The summed E-state index contributed by atoms with van der Waals surface area (Å²) in [6.07, 6.45) is 8.11. The van der Waals surface area contributed by atoms with Crippen molar-refractivity contribution in [2.45, 2.75) is 64.5 Å². The molecule has 1 rings (SSSR count). The standard InChI is InChI=1S/C12H25NO/c1-3-5-7-11(13-9-4-2)12-8-6-10-14-12/h11-13H,3-10H2,1-2H3. The predicted molar refractivity (Wildman–Crippen MR) is 60.6 cm³/mol. The largest absolute Gasteiger partial charge is 0.377 e. The van der Waals surface area contributed by atoms with Gasteiger partial charge >= 0.3 is 0 Å². The Hall–Kier alpha value is -0.0800. The van der Waals surface area contributed by atoms with E-state index in [1.807, 2.05) is 0 Å². The molecule has 0 saturated carbocycles. The maximum atomic E-state index is 5.75. The van der Waals surface area contributed by atoms with Crippen molar-refractivity contribution in [2.75, 3.05) is 13.2 Å². The van der Waals surface area contributed by atoms with E-state index in [1.165, 1.54) is 38.5 Å². The summed E-state index contributed by atoms with van der Waals surface area (Å²) in [6.45, 7) is 6.58. The molecular formula is C12H25NO. The van der Waals surface area contributed by atoms with E-state index in [1.54, 1.807) is 0 Å². The first-order valence-corrected chi connectivity index (χ1v) is 6.23. The van der Waals surface area contributed by atoms with E-state index in [4.69, 9.17) is 4.74 Å². The highest BCUT2D eigenvalue weighted by Gasteiger charge is 2.24. The average molecular weight is 199 g/mol. The molecule has 0 aromatic heterocycles. The topological polar surface area (TPSA) is 21.3 Å².